The second-order valence-corrected chi connectivity index (χ2v) is 8.67. The number of benzene rings is 2. The Hall–Kier alpha value is -3.11. The molecule has 9 nitrogen and oxygen atoms in total. The van der Waals surface area contributed by atoms with Crippen molar-refractivity contribution in [2.24, 2.45) is 0 Å². The summed E-state index contributed by atoms with van der Waals surface area (Å²) < 4.78 is 12.3. The van der Waals surface area contributed by atoms with E-state index in [0.29, 0.717) is 11.7 Å². The molecule has 4 rings (SSSR count). The van der Waals surface area contributed by atoms with E-state index in [0.717, 1.165) is 49.0 Å². The Morgan fingerprint density at radius 1 is 1.16 bits per heavy atom. The van der Waals surface area contributed by atoms with Gasteiger partial charge in [0.25, 0.3) is 0 Å². The molecule has 1 atom stereocenters. The van der Waals surface area contributed by atoms with E-state index < -0.39 is 0 Å². The Kier molecular flexibility index (Phi) is 7.23. The van der Waals surface area contributed by atoms with Crippen molar-refractivity contribution in [3.63, 3.8) is 0 Å². The Balaban J connectivity index is 1.33. The third-order valence-electron chi connectivity index (χ3n) is 5.15. The van der Waals surface area contributed by atoms with Crippen LogP contribution < -0.4 is 15.0 Å². The Morgan fingerprint density at radius 3 is 2.56 bits per heavy atom. The fraction of sp³-hybridized carbons (Fsp3) is 0.364. The molecule has 2 heterocycles. The first kappa shape index (κ1) is 22.1. The first-order chi connectivity index (χ1) is 15.6. The zero-order valence-electron chi connectivity index (χ0n) is 18.1. The number of thioether (sulfide) groups is 1. The highest BCUT2D eigenvalue weighted by Crippen LogP contribution is 2.24. The smallest absolute Gasteiger partial charge is 0.237 e. The van der Waals surface area contributed by atoms with Crippen LogP contribution in [0.1, 0.15) is 12.5 Å². The molecule has 10 heteroatoms. The van der Waals surface area contributed by atoms with Gasteiger partial charge in [0.1, 0.15) is 5.75 Å². The van der Waals surface area contributed by atoms with Gasteiger partial charge in [0.15, 0.2) is 0 Å². The van der Waals surface area contributed by atoms with E-state index >= 15 is 0 Å². The fourth-order valence-electron chi connectivity index (χ4n) is 3.32. The number of methoxy groups -OCH3 is 1. The maximum absolute atomic E-state index is 12.7. The van der Waals surface area contributed by atoms with Crippen LogP contribution in [0.15, 0.2) is 53.7 Å². The highest BCUT2D eigenvalue weighted by Gasteiger charge is 2.19. The Morgan fingerprint density at radius 2 is 1.88 bits per heavy atom. The van der Waals surface area contributed by atoms with Crippen LogP contribution in [0, 0.1) is 0 Å². The molecule has 1 N–H and O–H groups in total. The number of hydrogen-bond acceptors (Lipinski definition) is 8. The predicted octanol–water partition coefficient (Wildman–Crippen LogP) is 2.69. The van der Waals surface area contributed by atoms with Gasteiger partial charge in [-0.3, -0.25) is 4.79 Å². The van der Waals surface area contributed by atoms with Crippen LogP contribution in [0.5, 0.6) is 5.75 Å². The number of anilines is 2. The van der Waals surface area contributed by atoms with Crippen molar-refractivity contribution in [3.05, 3.63) is 54.1 Å². The van der Waals surface area contributed by atoms with Gasteiger partial charge in [0.2, 0.25) is 11.1 Å². The molecule has 1 aromatic heterocycles. The van der Waals surface area contributed by atoms with E-state index in [1.807, 2.05) is 55.5 Å². The van der Waals surface area contributed by atoms with E-state index in [-0.39, 0.29) is 11.2 Å². The Labute approximate surface area is 191 Å². The molecule has 0 spiro atoms. The van der Waals surface area contributed by atoms with Gasteiger partial charge in [-0.2, -0.15) is 0 Å². The molecule has 0 saturated carbocycles. The molecule has 0 aliphatic carbocycles. The third kappa shape index (κ3) is 5.57. The van der Waals surface area contributed by atoms with Crippen molar-refractivity contribution in [3.8, 4) is 5.75 Å². The minimum atomic E-state index is -0.366. The molecule has 32 heavy (non-hydrogen) atoms. The second-order valence-electron chi connectivity index (χ2n) is 7.36. The van der Waals surface area contributed by atoms with Gasteiger partial charge in [-0.1, -0.05) is 23.9 Å². The van der Waals surface area contributed by atoms with E-state index in [1.165, 1.54) is 11.8 Å². The molecular weight excluding hydrogens is 428 g/mol. The van der Waals surface area contributed by atoms with Crippen molar-refractivity contribution < 1.29 is 14.3 Å². The largest absolute Gasteiger partial charge is 0.497 e. The van der Waals surface area contributed by atoms with Crippen LogP contribution in [0.25, 0.3) is 0 Å². The number of rotatable bonds is 8. The molecule has 2 aromatic carbocycles. The van der Waals surface area contributed by atoms with Crippen LogP contribution in [-0.4, -0.2) is 64.8 Å². The van der Waals surface area contributed by atoms with Crippen molar-refractivity contribution in [2.45, 2.75) is 23.9 Å². The lowest BCUT2D eigenvalue weighted by atomic mass is 10.2. The predicted molar refractivity (Wildman–Crippen MR) is 123 cm³/mol. The number of hydrogen-bond donors (Lipinski definition) is 1. The summed E-state index contributed by atoms with van der Waals surface area (Å²) in [6, 6.07) is 15.6. The molecule has 1 aliphatic heterocycles. The van der Waals surface area contributed by atoms with Gasteiger partial charge in [-0.05, 0) is 59.3 Å². The summed E-state index contributed by atoms with van der Waals surface area (Å²) in [5.74, 6) is 0.691. The van der Waals surface area contributed by atoms with Crippen molar-refractivity contribution in [1.29, 1.82) is 0 Å². The summed E-state index contributed by atoms with van der Waals surface area (Å²) in [5.41, 5.74) is 2.93. The lowest BCUT2D eigenvalue weighted by Gasteiger charge is -2.28. The second kappa shape index (κ2) is 10.5. The molecule has 1 aliphatic rings. The number of tetrazole rings is 1. The average molecular weight is 455 g/mol. The minimum Gasteiger partial charge on any atom is -0.497 e. The number of carbonyl (C=O) groups is 1. The van der Waals surface area contributed by atoms with Crippen LogP contribution in [-0.2, 0) is 16.1 Å². The first-order valence-corrected chi connectivity index (χ1v) is 11.3. The fourth-order valence-corrected chi connectivity index (χ4v) is 4.11. The zero-order valence-corrected chi connectivity index (χ0v) is 18.9. The number of morpholine rings is 1. The molecule has 1 fully saturated rings. The number of aromatic nitrogens is 4. The van der Waals surface area contributed by atoms with E-state index in [4.69, 9.17) is 9.47 Å². The molecule has 1 saturated heterocycles. The van der Waals surface area contributed by atoms with Crippen molar-refractivity contribution in [1.82, 2.24) is 20.2 Å². The van der Waals surface area contributed by atoms with Crippen LogP contribution >= 0.6 is 11.8 Å². The molecule has 3 aromatic rings. The SMILES string of the molecule is COc1ccc(Cn2nnnc2S[C@H](C)C(=O)Nc2ccc(N3CCOCC3)cc2)cc1. The van der Waals surface area contributed by atoms with Gasteiger partial charge in [-0.25, -0.2) is 4.68 Å². The minimum absolute atomic E-state index is 0.104. The zero-order chi connectivity index (χ0) is 22.3. The topological polar surface area (TPSA) is 94.4 Å². The Bertz CT molecular complexity index is 1020. The average Bonchev–Trinajstić information content (AvgIpc) is 3.27. The van der Waals surface area contributed by atoms with E-state index in [2.05, 4.69) is 25.7 Å². The van der Waals surface area contributed by atoms with Crippen LogP contribution in [0.2, 0.25) is 0 Å². The third-order valence-corrected chi connectivity index (χ3v) is 6.22. The normalized spacial score (nSPS) is 14.8. The number of nitrogens with zero attached hydrogens (tertiary/aromatic N) is 5. The number of ether oxygens (including phenoxy) is 2. The number of nitrogens with one attached hydrogen (secondary N) is 1. The van der Waals surface area contributed by atoms with Gasteiger partial charge in [-0.15, -0.1) is 5.10 Å². The van der Waals surface area contributed by atoms with Crippen LogP contribution in [0.4, 0.5) is 11.4 Å². The summed E-state index contributed by atoms with van der Waals surface area (Å²) >= 11 is 1.32. The summed E-state index contributed by atoms with van der Waals surface area (Å²) in [4.78, 5) is 15.0. The molecule has 0 radical (unpaired) electrons. The van der Waals surface area contributed by atoms with Gasteiger partial charge in [0.05, 0.1) is 32.1 Å². The van der Waals surface area contributed by atoms with Crippen LogP contribution in [0.3, 0.4) is 0 Å². The molecule has 168 valence electrons. The highest BCUT2D eigenvalue weighted by molar-refractivity contribution is 8.00. The first-order valence-electron chi connectivity index (χ1n) is 10.4. The van der Waals surface area contributed by atoms with E-state index in [1.54, 1.807) is 11.8 Å². The van der Waals surface area contributed by atoms with Crippen molar-refractivity contribution in [2.75, 3.05) is 43.6 Å². The summed E-state index contributed by atoms with van der Waals surface area (Å²) in [5, 5.41) is 15.1. The summed E-state index contributed by atoms with van der Waals surface area (Å²) in [6.45, 7) is 5.59. The maximum atomic E-state index is 12.7. The maximum Gasteiger partial charge on any atom is 0.237 e. The van der Waals surface area contributed by atoms with Gasteiger partial charge >= 0.3 is 0 Å². The summed E-state index contributed by atoms with van der Waals surface area (Å²) in [6.07, 6.45) is 0. The van der Waals surface area contributed by atoms with Gasteiger partial charge in [0, 0.05) is 24.5 Å². The highest BCUT2D eigenvalue weighted by atomic mass is 32.2. The van der Waals surface area contributed by atoms with Gasteiger partial charge < -0.3 is 19.7 Å². The summed E-state index contributed by atoms with van der Waals surface area (Å²) in [7, 11) is 1.63. The standard InChI is InChI=1S/C22H26N6O3S/c1-16(21(29)23-18-5-7-19(8-6-18)27-11-13-31-14-12-27)32-22-24-25-26-28(22)15-17-3-9-20(30-2)10-4-17/h3-10,16H,11-15H2,1-2H3,(H,23,29)/t16-/m1/s1. The monoisotopic (exact) mass is 454 g/mol. The molecule has 0 unspecified atom stereocenters. The number of amides is 1. The molecular formula is C22H26N6O3S. The number of carbonyl (C=O) groups excluding carboxylic acids is 1. The van der Waals surface area contributed by atoms with Crippen molar-refractivity contribution >= 4 is 29.0 Å². The lowest BCUT2D eigenvalue weighted by Crippen LogP contribution is -2.36. The van der Waals surface area contributed by atoms with E-state index in [9.17, 15) is 4.79 Å². The quantitative estimate of drug-likeness (QED) is 0.519. The lowest BCUT2D eigenvalue weighted by molar-refractivity contribution is -0.115. The molecule has 1 amide bonds. The molecule has 0 bridgehead atoms.